The van der Waals surface area contributed by atoms with Crippen LogP contribution in [0, 0.1) is 11.8 Å². The van der Waals surface area contributed by atoms with E-state index in [0.717, 1.165) is 44.0 Å². The number of nitrogens with zero attached hydrogens (tertiary/aromatic N) is 2. The summed E-state index contributed by atoms with van der Waals surface area (Å²) in [6.45, 7) is 4.25. The van der Waals surface area contributed by atoms with Crippen molar-refractivity contribution in [3.63, 3.8) is 0 Å². The topological polar surface area (TPSA) is 79.3 Å². The fraction of sp³-hybridized carbons (Fsp3) is 0.619. The molecule has 1 aromatic carbocycles. The van der Waals surface area contributed by atoms with E-state index in [-0.39, 0.29) is 11.8 Å². The summed E-state index contributed by atoms with van der Waals surface area (Å²) in [7, 11) is 1.63. The average Bonchev–Trinajstić information content (AvgIpc) is 2.74. The largest absolute Gasteiger partial charge is 0.497 e. The van der Waals surface area contributed by atoms with Gasteiger partial charge in [-0.2, -0.15) is 0 Å². The number of ether oxygens (including phenoxy) is 2. The first-order chi connectivity index (χ1) is 13.6. The Morgan fingerprint density at radius 3 is 2.43 bits per heavy atom. The molecule has 1 saturated carbocycles. The van der Waals surface area contributed by atoms with E-state index < -0.39 is 11.9 Å². The smallest absolute Gasteiger partial charge is 0.307 e. The summed E-state index contributed by atoms with van der Waals surface area (Å²) in [5.74, 6) is -0.118. The van der Waals surface area contributed by atoms with Crippen molar-refractivity contribution in [3.8, 4) is 11.5 Å². The summed E-state index contributed by atoms with van der Waals surface area (Å²) >= 11 is 0. The summed E-state index contributed by atoms with van der Waals surface area (Å²) in [5.41, 5.74) is 0. The highest BCUT2D eigenvalue weighted by Gasteiger charge is 2.38. The second-order valence-corrected chi connectivity index (χ2v) is 7.53. The van der Waals surface area contributed by atoms with E-state index in [0.29, 0.717) is 32.5 Å². The lowest BCUT2D eigenvalue weighted by Crippen LogP contribution is -2.52. The molecule has 1 saturated heterocycles. The van der Waals surface area contributed by atoms with Gasteiger partial charge in [-0.3, -0.25) is 14.5 Å². The first kappa shape index (κ1) is 20.5. The molecule has 3 rings (SSSR count). The van der Waals surface area contributed by atoms with Crippen LogP contribution in [0.15, 0.2) is 24.3 Å². The van der Waals surface area contributed by atoms with E-state index >= 15 is 0 Å². The molecule has 28 heavy (non-hydrogen) atoms. The molecule has 2 aliphatic rings. The van der Waals surface area contributed by atoms with Crippen molar-refractivity contribution in [2.45, 2.75) is 25.7 Å². The number of amides is 1. The van der Waals surface area contributed by atoms with Gasteiger partial charge < -0.3 is 19.5 Å². The standard InChI is InChI=1S/C21H30N2O5/c1-27-16-5-4-6-17(15-16)28-14-13-22-9-11-23(12-10-22)20(24)18-7-2-3-8-19(18)21(25)26/h4-6,15,18-19H,2-3,7-14H2,1H3,(H,25,26)/t18-,19+/m0/s1. The molecule has 0 radical (unpaired) electrons. The van der Waals surface area contributed by atoms with Gasteiger partial charge in [0.2, 0.25) is 5.91 Å². The van der Waals surface area contributed by atoms with Crippen LogP contribution in [0.2, 0.25) is 0 Å². The van der Waals surface area contributed by atoms with E-state index in [1.807, 2.05) is 29.2 Å². The van der Waals surface area contributed by atoms with Crippen molar-refractivity contribution in [3.05, 3.63) is 24.3 Å². The van der Waals surface area contributed by atoms with Crippen LogP contribution in [0.5, 0.6) is 11.5 Å². The first-order valence-electron chi connectivity index (χ1n) is 10.1. The number of piperazine rings is 1. The van der Waals surface area contributed by atoms with Crippen LogP contribution in [-0.4, -0.2) is 73.2 Å². The number of benzene rings is 1. The number of methoxy groups -OCH3 is 1. The van der Waals surface area contributed by atoms with E-state index in [4.69, 9.17) is 9.47 Å². The third-order valence-corrected chi connectivity index (χ3v) is 5.80. The van der Waals surface area contributed by atoms with Gasteiger partial charge in [0, 0.05) is 38.8 Å². The first-order valence-corrected chi connectivity index (χ1v) is 10.1. The molecule has 1 aliphatic heterocycles. The van der Waals surface area contributed by atoms with Crippen LogP contribution in [0.4, 0.5) is 0 Å². The highest BCUT2D eigenvalue weighted by Crippen LogP contribution is 2.32. The summed E-state index contributed by atoms with van der Waals surface area (Å²) in [6, 6.07) is 7.54. The Morgan fingerprint density at radius 2 is 1.75 bits per heavy atom. The van der Waals surface area contributed by atoms with Gasteiger partial charge in [0.1, 0.15) is 18.1 Å². The predicted molar refractivity (Wildman–Crippen MR) is 105 cm³/mol. The minimum atomic E-state index is -0.827. The van der Waals surface area contributed by atoms with Gasteiger partial charge in [-0.25, -0.2) is 0 Å². The third kappa shape index (κ3) is 5.16. The Balaban J connectivity index is 1.42. The van der Waals surface area contributed by atoms with Crippen LogP contribution in [-0.2, 0) is 9.59 Å². The Hall–Kier alpha value is -2.28. The van der Waals surface area contributed by atoms with Gasteiger partial charge in [0.25, 0.3) is 0 Å². The van der Waals surface area contributed by atoms with E-state index in [1.165, 1.54) is 0 Å². The number of rotatable bonds is 7. The number of carboxylic acid groups (broad SMARTS) is 1. The summed E-state index contributed by atoms with van der Waals surface area (Å²) in [6.07, 6.45) is 3.17. The molecule has 2 atom stereocenters. The van der Waals surface area contributed by atoms with Gasteiger partial charge in [0.05, 0.1) is 18.9 Å². The molecule has 7 nitrogen and oxygen atoms in total. The van der Waals surface area contributed by atoms with Crippen molar-refractivity contribution in [1.29, 1.82) is 0 Å². The minimum absolute atomic E-state index is 0.0272. The van der Waals surface area contributed by atoms with Crippen molar-refractivity contribution in [2.75, 3.05) is 46.4 Å². The highest BCUT2D eigenvalue weighted by atomic mass is 16.5. The number of carbonyl (C=O) groups is 2. The second kappa shape index (κ2) is 9.78. The lowest BCUT2D eigenvalue weighted by Gasteiger charge is -2.38. The molecular weight excluding hydrogens is 360 g/mol. The zero-order valence-electron chi connectivity index (χ0n) is 16.5. The summed E-state index contributed by atoms with van der Waals surface area (Å²) < 4.78 is 11.0. The molecule has 154 valence electrons. The fourth-order valence-electron chi connectivity index (χ4n) is 4.13. The molecule has 0 bridgehead atoms. The Labute approximate surface area is 166 Å². The molecule has 1 heterocycles. The number of hydrogen-bond donors (Lipinski definition) is 1. The lowest BCUT2D eigenvalue weighted by molar-refractivity contribution is -0.153. The van der Waals surface area contributed by atoms with E-state index in [1.54, 1.807) is 7.11 Å². The number of carbonyl (C=O) groups excluding carboxylic acids is 1. The highest BCUT2D eigenvalue weighted by molar-refractivity contribution is 5.85. The molecule has 0 unspecified atom stereocenters. The van der Waals surface area contributed by atoms with Crippen molar-refractivity contribution >= 4 is 11.9 Å². The van der Waals surface area contributed by atoms with Crippen molar-refractivity contribution in [2.24, 2.45) is 11.8 Å². The summed E-state index contributed by atoms with van der Waals surface area (Å²) in [4.78, 5) is 28.5. The van der Waals surface area contributed by atoms with Crippen LogP contribution < -0.4 is 9.47 Å². The molecule has 1 amide bonds. The average molecular weight is 390 g/mol. The molecular formula is C21H30N2O5. The molecule has 0 spiro atoms. The Bertz CT molecular complexity index is 673. The Morgan fingerprint density at radius 1 is 1.07 bits per heavy atom. The maximum Gasteiger partial charge on any atom is 0.307 e. The number of hydrogen-bond acceptors (Lipinski definition) is 5. The number of carboxylic acids is 1. The normalized spacial score (nSPS) is 23.2. The van der Waals surface area contributed by atoms with Gasteiger partial charge >= 0.3 is 5.97 Å². The predicted octanol–water partition coefficient (Wildman–Crippen LogP) is 2.11. The maximum atomic E-state index is 12.8. The molecule has 1 aromatic rings. The lowest BCUT2D eigenvalue weighted by atomic mass is 9.78. The quantitative estimate of drug-likeness (QED) is 0.768. The van der Waals surface area contributed by atoms with E-state index in [9.17, 15) is 14.7 Å². The monoisotopic (exact) mass is 390 g/mol. The van der Waals surface area contributed by atoms with Gasteiger partial charge in [-0.15, -0.1) is 0 Å². The van der Waals surface area contributed by atoms with Crippen molar-refractivity contribution in [1.82, 2.24) is 9.80 Å². The van der Waals surface area contributed by atoms with Crippen LogP contribution in [0.25, 0.3) is 0 Å². The number of aliphatic carboxylic acids is 1. The second-order valence-electron chi connectivity index (χ2n) is 7.53. The fourth-order valence-corrected chi connectivity index (χ4v) is 4.13. The molecule has 1 aliphatic carbocycles. The molecule has 2 fully saturated rings. The molecule has 0 aromatic heterocycles. The Kier molecular flexibility index (Phi) is 7.14. The van der Waals surface area contributed by atoms with Crippen LogP contribution >= 0.6 is 0 Å². The molecule has 1 N–H and O–H groups in total. The van der Waals surface area contributed by atoms with Crippen LogP contribution in [0.3, 0.4) is 0 Å². The van der Waals surface area contributed by atoms with Crippen molar-refractivity contribution < 1.29 is 24.2 Å². The minimum Gasteiger partial charge on any atom is -0.497 e. The van der Waals surface area contributed by atoms with E-state index in [2.05, 4.69) is 4.90 Å². The maximum absolute atomic E-state index is 12.8. The van der Waals surface area contributed by atoms with Gasteiger partial charge in [-0.1, -0.05) is 18.9 Å². The SMILES string of the molecule is COc1cccc(OCCN2CCN(C(=O)[C@H]3CCCC[C@H]3C(=O)O)CC2)c1. The van der Waals surface area contributed by atoms with Gasteiger partial charge in [-0.05, 0) is 25.0 Å². The van der Waals surface area contributed by atoms with Gasteiger partial charge in [0.15, 0.2) is 0 Å². The third-order valence-electron chi connectivity index (χ3n) is 5.80. The zero-order valence-corrected chi connectivity index (χ0v) is 16.5. The summed E-state index contributed by atoms with van der Waals surface area (Å²) in [5, 5.41) is 9.42. The zero-order chi connectivity index (χ0) is 19.9. The van der Waals surface area contributed by atoms with Crippen LogP contribution in [0.1, 0.15) is 25.7 Å². The molecule has 7 heteroatoms.